The van der Waals surface area contributed by atoms with Crippen LogP contribution in [0.4, 0.5) is 0 Å². The number of benzene rings is 1. The number of unbranched alkanes of at least 4 members (excludes halogenated alkanes) is 1. The fraction of sp³-hybridized carbons (Fsp3) is 0.647. The standard InChI is InChI=1S/C17H25ClIO3P/c18-14-4-3-5-15(12-14)21-11-2-1-6-16-13(9-10-20)7-8-17(16)22-23-19/h3-5,12-13,16-17,20,23H,1-2,6-11H2/t13-,16?,17-/m1/s1. The molecule has 23 heavy (non-hydrogen) atoms. The number of halogens is 2. The summed E-state index contributed by atoms with van der Waals surface area (Å²) in [5, 5.41) is 9.96. The predicted octanol–water partition coefficient (Wildman–Crippen LogP) is 5.63. The molecule has 1 saturated carbocycles. The third kappa shape index (κ3) is 6.66. The molecule has 1 aliphatic carbocycles. The van der Waals surface area contributed by atoms with E-state index in [4.69, 9.17) is 20.9 Å². The maximum atomic E-state index is 9.25. The number of rotatable bonds is 10. The molecule has 0 radical (unpaired) electrons. The molecular formula is C17H25ClIO3P. The number of ether oxygens (including phenoxy) is 1. The van der Waals surface area contributed by atoms with Gasteiger partial charge in [0.1, 0.15) is 5.75 Å². The zero-order valence-electron chi connectivity index (χ0n) is 13.2. The van der Waals surface area contributed by atoms with Crippen LogP contribution in [0.1, 0.15) is 38.5 Å². The molecule has 0 spiro atoms. The van der Waals surface area contributed by atoms with Gasteiger partial charge in [-0.1, -0.05) is 17.7 Å². The molecule has 1 N–H and O–H groups in total. The highest BCUT2D eigenvalue weighted by atomic mass is 127. The van der Waals surface area contributed by atoms with E-state index in [0.29, 0.717) is 29.4 Å². The minimum absolute atomic E-state index is 0.290. The molecule has 0 saturated heterocycles. The van der Waals surface area contributed by atoms with Gasteiger partial charge in [0.25, 0.3) is 0 Å². The van der Waals surface area contributed by atoms with Crippen LogP contribution in [0, 0.1) is 11.8 Å². The Balaban J connectivity index is 1.70. The van der Waals surface area contributed by atoms with E-state index >= 15 is 0 Å². The molecule has 2 unspecified atom stereocenters. The maximum absolute atomic E-state index is 9.25. The first-order chi connectivity index (χ1) is 11.2. The summed E-state index contributed by atoms with van der Waals surface area (Å²) in [5.41, 5.74) is 0. The van der Waals surface area contributed by atoms with Crippen LogP contribution in [0.25, 0.3) is 0 Å². The normalized spacial score (nSPS) is 24.6. The first-order valence-electron chi connectivity index (χ1n) is 8.25. The van der Waals surface area contributed by atoms with Crippen molar-refractivity contribution >= 4 is 40.1 Å². The van der Waals surface area contributed by atoms with Crippen molar-refractivity contribution in [3.63, 3.8) is 0 Å². The van der Waals surface area contributed by atoms with Crippen LogP contribution >= 0.6 is 40.1 Å². The second-order valence-electron chi connectivity index (χ2n) is 6.05. The minimum Gasteiger partial charge on any atom is -0.494 e. The Kier molecular flexibility index (Phi) is 9.51. The Hall–Kier alpha value is 0.390. The number of hydrogen-bond donors (Lipinski definition) is 1. The Morgan fingerprint density at radius 1 is 1.26 bits per heavy atom. The van der Waals surface area contributed by atoms with E-state index in [2.05, 4.69) is 22.0 Å². The van der Waals surface area contributed by atoms with E-state index in [1.54, 1.807) is 0 Å². The van der Waals surface area contributed by atoms with Crippen molar-refractivity contribution in [1.82, 2.24) is 0 Å². The van der Waals surface area contributed by atoms with Gasteiger partial charge in [-0.2, -0.15) is 0 Å². The van der Waals surface area contributed by atoms with Gasteiger partial charge in [-0.15, -0.1) is 0 Å². The van der Waals surface area contributed by atoms with Gasteiger partial charge in [0.2, 0.25) is 0 Å². The van der Waals surface area contributed by atoms with Gasteiger partial charge in [-0.25, -0.2) is 0 Å². The SMILES string of the molecule is OCC[C@H]1CC[C@@H](OPI)C1CCCCOc1cccc(Cl)c1. The third-order valence-corrected chi connectivity index (χ3v) is 5.99. The molecular weight excluding hydrogens is 446 g/mol. The summed E-state index contributed by atoms with van der Waals surface area (Å²) >= 11 is 8.25. The lowest BCUT2D eigenvalue weighted by molar-refractivity contribution is 0.141. The van der Waals surface area contributed by atoms with Crippen molar-refractivity contribution in [3.05, 3.63) is 29.3 Å². The number of hydrogen-bond acceptors (Lipinski definition) is 3. The lowest BCUT2D eigenvalue weighted by atomic mass is 9.88. The average molecular weight is 471 g/mol. The second-order valence-corrected chi connectivity index (χ2v) is 8.20. The average Bonchev–Trinajstić information content (AvgIpc) is 2.90. The summed E-state index contributed by atoms with van der Waals surface area (Å²) < 4.78 is 11.7. The van der Waals surface area contributed by atoms with Crippen LogP contribution in [0.5, 0.6) is 5.75 Å². The highest BCUT2D eigenvalue weighted by Crippen LogP contribution is 2.43. The first-order valence-corrected chi connectivity index (χ1v) is 12.6. The predicted molar refractivity (Wildman–Crippen MR) is 106 cm³/mol. The molecule has 1 aliphatic rings. The van der Waals surface area contributed by atoms with Gasteiger partial charge in [0.05, 0.1) is 19.2 Å². The molecule has 0 aromatic heterocycles. The molecule has 6 heteroatoms. The van der Waals surface area contributed by atoms with Crippen molar-refractivity contribution < 1.29 is 14.4 Å². The Labute approximate surface area is 158 Å². The summed E-state index contributed by atoms with van der Waals surface area (Å²) in [6.07, 6.45) is 6.96. The van der Waals surface area contributed by atoms with Crippen molar-refractivity contribution in [1.29, 1.82) is 0 Å². The Morgan fingerprint density at radius 2 is 2.13 bits per heavy atom. The van der Waals surface area contributed by atoms with Crippen molar-refractivity contribution in [2.45, 2.75) is 44.6 Å². The molecule has 2 rings (SSSR count). The van der Waals surface area contributed by atoms with E-state index in [1.165, 1.54) is 6.42 Å². The zero-order chi connectivity index (χ0) is 16.5. The topological polar surface area (TPSA) is 38.7 Å². The Morgan fingerprint density at radius 3 is 2.87 bits per heavy atom. The van der Waals surface area contributed by atoms with Crippen LogP contribution in [-0.2, 0) is 4.52 Å². The molecule has 4 atom stereocenters. The van der Waals surface area contributed by atoms with Crippen LogP contribution in [-0.4, -0.2) is 24.4 Å². The number of aliphatic hydroxyl groups excluding tert-OH is 1. The second kappa shape index (κ2) is 11.1. The molecule has 1 aromatic rings. The van der Waals surface area contributed by atoms with Gasteiger partial charge >= 0.3 is 0 Å². The van der Waals surface area contributed by atoms with E-state index in [-0.39, 0.29) is 6.61 Å². The van der Waals surface area contributed by atoms with E-state index in [9.17, 15) is 5.11 Å². The molecule has 130 valence electrons. The van der Waals surface area contributed by atoms with Crippen LogP contribution in [0.15, 0.2) is 24.3 Å². The van der Waals surface area contributed by atoms with Crippen LogP contribution < -0.4 is 4.74 Å². The lowest BCUT2D eigenvalue weighted by Gasteiger charge is -2.24. The zero-order valence-corrected chi connectivity index (χ0v) is 17.1. The molecule has 0 heterocycles. The van der Waals surface area contributed by atoms with E-state index in [0.717, 1.165) is 44.5 Å². The Bertz CT molecular complexity index is 449. The molecule has 1 fully saturated rings. The quantitative estimate of drug-likeness (QED) is 0.274. The maximum Gasteiger partial charge on any atom is 0.120 e. The van der Waals surface area contributed by atoms with Crippen molar-refractivity contribution in [2.24, 2.45) is 11.8 Å². The van der Waals surface area contributed by atoms with Crippen LogP contribution in [0.2, 0.25) is 5.02 Å². The first kappa shape index (κ1) is 19.7. The van der Waals surface area contributed by atoms with Gasteiger partial charge in [0.15, 0.2) is 0 Å². The molecule has 1 aromatic carbocycles. The fourth-order valence-electron chi connectivity index (χ4n) is 3.49. The van der Waals surface area contributed by atoms with Gasteiger partial charge in [-0.05, 0) is 90.6 Å². The fourth-order valence-corrected chi connectivity index (χ4v) is 5.06. The van der Waals surface area contributed by atoms with Gasteiger partial charge in [0, 0.05) is 11.6 Å². The van der Waals surface area contributed by atoms with Crippen molar-refractivity contribution in [3.8, 4) is 5.75 Å². The smallest absolute Gasteiger partial charge is 0.120 e. The summed E-state index contributed by atoms with van der Waals surface area (Å²) in [7, 11) is 0. The monoisotopic (exact) mass is 470 g/mol. The molecule has 3 nitrogen and oxygen atoms in total. The van der Waals surface area contributed by atoms with E-state index in [1.807, 2.05) is 24.3 Å². The summed E-state index contributed by atoms with van der Waals surface area (Å²) in [4.78, 5) is 0. The summed E-state index contributed by atoms with van der Waals surface area (Å²) in [5.74, 6) is 2.05. The largest absolute Gasteiger partial charge is 0.494 e. The molecule has 0 bridgehead atoms. The van der Waals surface area contributed by atoms with Crippen LogP contribution in [0.3, 0.4) is 0 Å². The third-order valence-electron chi connectivity index (χ3n) is 4.60. The molecule has 0 aliphatic heterocycles. The summed E-state index contributed by atoms with van der Waals surface area (Å²) in [6, 6.07) is 7.54. The van der Waals surface area contributed by atoms with E-state index < -0.39 is 0 Å². The minimum atomic E-state index is 0.290. The molecule has 0 amide bonds. The highest BCUT2D eigenvalue weighted by Gasteiger charge is 2.35. The van der Waals surface area contributed by atoms with Gasteiger partial charge in [-0.3, -0.25) is 0 Å². The van der Waals surface area contributed by atoms with Crippen molar-refractivity contribution in [2.75, 3.05) is 13.2 Å². The highest BCUT2D eigenvalue weighted by molar-refractivity contribution is 14.2. The number of aliphatic hydroxyl groups is 1. The van der Waals surface area contributed by atoms with Gasteiger partial charge < -0.3 is 14.4 Å². The summed E-state index contributed by atoms with van der Waals surface area (Å²) in [6.45, 7) is 1.53. The lowest BCUT2D eigenvalue weighted by Crippen LogP contribution is -2.21.